The first-order valence-electron chi connectivity index (χ1n) is 5.29. The fourth-order valence-electron chi connectivity index (χ4n) is 0.755. The number of ether oxygens (including phenoxy) is 1. The van der Waals surface area contributed by atoms with Crippen molar-refractivity contribution in [3.8, 4) is 0 Å². The van der Waals surface area contributed by atoms with Crippen LogP contribution in [0.2, 0.25) is 0 Å². The molecule has 0 aromatic carbocycles. The van der Waals surface area contributed by atoms with Crippen LogP contribution in [0.1, 0.15) is 40.5 Å². The van der Waals surface area contributed by atoms with E-state index in [1.165, 1.54) is 19.6 Å². The second-order valence-corrected chi connectivity index (χ2v) is 4.08. The fourth-order valence-corrected chi connectivity index (χ4v) is 0.755. The Bertz CT molecular complexity index is 236. The lowest BCUT2D eigenvalue weighted by Crippen LogP contribution is -2.19. The highest BCUT2D eigenvalue weighted by atomic mass is 16.5. The molecule has 0 radical (unpaired) electrons. The quantitative estimate of drug-likeness (QED) is 0.594. The molecule has 0 saturated heterocycles. The topological polar surface area (TPSA) is 46.5 Å². The third-order valence-corrected chi connectivity index (χ3v) is 1.93. The van der Waals surface area contributed by atoms with Crippen LogP contribution in [0.3, 0.4) is 0 Å². The Labute approximate surface area is 98.8 Å². The lowest BCUT2D eigenvalue weighted by molar-refractivity contribution is -0.137. The molecule has 0 spiro atoms. The minimum atomic E-state index is -0.702. The number of aliphatic hydroxyl groups is 1. The monoisotopic (exact) mass is 228 g/mol. The molecule has 1 atom stereocenters. The molecule has 1 unspecified atom stereocenters. The van der Waals surface area contributed by atoms with E-state index in [1.807, 2.05) is 0 Å². The lowest BCUT2D eigenvalue weighted by Gasteiger charge is -2.16. The van der Waals surface area contributed by atoms with Gasteiger partial charge in [0.15, 0.2) is 0 Å². The van der Waals surface area contributed by atoms with E-state index in [0.29, 0.717) is 0 Å². The van der Waals surface area contributed by atoms with Crippen molar-refractivity contribution in [3.05, 3.63) is 24.3 Å². The average molecular weight is 228 g/mol. The summed E-state index contributed by atoms with van der Waals surface area (Å²) in [5, 5.41) is 9.49. The van der Waals surface area contributed by atoms with Crippen LogP contribution in [-0.2, 0) is 9.53 Å². The second kappa shape index (κ2) is 9.16. The van der Waals surface area contributed by atoms with Gasteiger partial charge >= 0.3 is 5.97 Å². The Morgan fingerprint density at radius 2 is 1.88 bits per heavy atom. The first-order chi connectivity index (χ1) is 7.25. The molecule has 0 aliphatic rings. The van der Waals surface area contributed by atoms with E-state index >= 15 is 0 Å². The standard InChI is InChI=1S/C10H18O.C3H6O2/c1-5-10(4,11)8-6-7-9(2)3;1-3(4)5-2/h5,7,11H,1,6,8H2,2-4H3;1-2H3. The van der Waals surface area contributed by atoms with E-state index < -0.39 is 5.60 Å². The summed E-state index contributed by atoms with van der Waals surface area (Å²) >= 11 is 0. The van der Waals surface area contributed by atoms with E-state index in [9.17, 15) is 9.90 Å². The summed E-state index contributed by atoms with van der Waals surface area (Å²) in [7, 11) is 1.35. The van der Waals surface area contributed by atoms with Crippen LogP contribution in [0.4, 0.5) is 0 Å². The van der Waals surface area contributed by atoms with Gasteiger partial charge in [0.05, 0.1) is 12.7 Å². The number of rotatable bonds is 4. The summed E-state index contributed by atoms with van der Waals surface area (Å²) in [6.07, 6.45) is 5.38. The smallest absolute Gasteiger partial charge is 0.302 e. The highest BCUT2D eigenvalue weighted by Gasteiger charge is 2.12. The van der Waals surface area contributed by atoms with Crippen molar-refractivity contribution in [2.45, 2.75) is 46.1 Å². The van der Waals surface area contributed by atoms with Gasteiger partial charge in [-0.3, -0.25) is 4.79 Å². The lowest BCUT2D eigenvalue weighted by atomic mass is 10.00. The number of carbonyl (C=O) groups excluding carboxylic acids is 1. The Balaban J connectivity index is 0. The molecule has 3 nitrogen and oxygen atoms in total. The van der Waals surface area contributed by atoms with Crippen molar-refractivity contribution in [2.24, 2.45) is 0 Å². The van der Waals surface area contributed by atoms with E-state index in [4.69, 9.17) is 0 Å². The van der Waals surface area contributed by atoms with Crippen molar-refractivity contribution in [2.75, 3.05) is 7.11 Å². The second-order valence-electron chi connectivity index (χ2n) is 4.08. The molecule has 0 bridgehead atoms. The molecule has 0 aliphatic carbocycles. The number of hydrogen-bond donors (Lipinski definition) is 1. The van der Waals surface area contributed by atoms with E-state index in [1.54, 1.807) is 13.0 Å². The van der Waals surface area contributed by atoms with E-state index in [2.05, 4.69) is 31.2 Å². The molecule has 0 aromatic heterocycles. The van der Waals surface area contributed by atoms with Gasteiger partial charge in [0.2, 0.25) is 0 Å². The summed E-state index contributed by atoms with van der Waals surface area (Å²) in [5.41, 5.74) is 0.594. The molecule has 0 saturated carbocycles. The third-order valence-electron chi connectivity index (χ3n) is 1.93. The molecule has 1 N–H and O–H groups in total. The fraction of sp³-hybridized carbons (Fsp3) is 0.615. The van der Waals surface area contributed by atoms with Gasteiger partial charge in [-0.05, 0) is 33.6 Å². The number of hydrogen-bond acceptors (Lipinski definition) is 3. The molecular formula is C13H24O3. The Morgan fingerprint density at radius 1 is 1.44 bits per heavy atom. The highest BCUT2D eigenvalue weighted by Crippen LogP contribution is 2.13. The van der Waals surface area contributed by atoms with Crippen LogP contribution >= 0.6 is 0 Å². The average Bonchev–Trinajstić information content (AvgIpc) is 2.18. The van der Waals surface area contributed by atoms with Gasteiger partial charge in [-0.2, -0.15) is 0 Å². The predicted molar refractivity (Wildman–Crippen MR) is 67.2 cm³/mol. The maximum Gasteiger partial charge on any atom is 0.302 e. The SMILES string of the molecule is C=CC(C)(O)CCC=C(C)C.COC(C)=O. The summed E-state index contributed by atoms with van der Waals surface area (Å²) in [6, 6.07) is 0. The molecule has 0 rings (SSSR count). The van der Waals surface area contributed by atoms with Gasteiger partial charge in [-0.25, -0.2) is 0 Å². The van der Waals surface area contributed by atoms with Crippen LogP contribution < -0.4 is 0 Å². The molecule has 0 amide bonds. The molecule has 16 heavy (non-hydrogen) atoms. The number of allylic oxidation sites excluding steroid dienone is 2. The van der Waals surface area contributed by atoms with Gasteiger partial charge < -0.3 is 9.84 Å². The molecule has 3 heteroatoms. The van der Waals surface area contributed by atoms with Crippen molar-refractivity contribution in [3.63, 3.8) is 0 Å². The summed E-state index contributed by atoms with van der Waals surface area (Å²) in [5.74, 6) is -0.245. The zero-order valence-electron chi connectivity index (χ0n) is 11.0. The summed E-state index contributed by atoms with van der Waals surface area (Å²) < 4.78 is 4.11. The predicted octanol–water partition coefficient (Wildman–Crippen LogP) is 2.85. The van der Waals surface area contributed by atoms with Gasteiger partial charge in [0, 0.05) is 6.92 Å². The Hall–Kier alpha value is -1.09. The van der Waals surface area contributed by atoms with Crippen molar-refractivity contribution >= 4 is 5.97 Å². The van der Waals surface area contributed by atoms with Crippen molar-refractivity contribution in [1.82, 2.24) is 0 Å². The van der Waals surface area contributed by atoms with E-state index in [-0.39, 0.29) is 5.97 Å². The largest absolute Gasteiger partial charge is 0.469 e. The zero-order valence-corrected chi connectivity index (χ0v) is 11.0. The molecule has 0 fully saturated rings. The maximum atomic E-state index is 9.59. The number of methoxy groups -OCH3 is 1. The van der Waals surface area contributed by atoms with Gasteiger partial charge in [0.1, 0.15) is 0 Å². The highest BCUT2D eigenvalue weighted by molar-refractivity contribution is 5.65. The van der Waals surface area contributed by atoms with E-state index in [0.717, 1.165) is 12.8 Å². The molecule has 0 aliphatic heterocycles. The first-order valence-corrected chi connectivity index (χ1v) is 5.29. The Kier molecular flexibility index (Phi) is 9.91. The molecule has 94 valence electrons. The maximum absolute atomic E-state index is 9.59. The number of esters is 1. The molecule has 0 aromatic rings. The zero-order chi connectivity index (χ0) is 13.2. The van der Waals surface area contributed by atoms with Crippen LogP contribution in [0, 0.1) is 0 Å². The first kappa shape index (κ1) is 17.3. The minimum absolute atomic E-state index is 0.245. The van der Waals surface area contributed by atoms with Gasteiger partial charge in [-0.1, -0.05) is 17.7 Å². The van der Waals surface area contributed by atoms with Crippen molar-refractivity contribution < 1.29 is 14.6 Å². The van der Waals surface area contributed by atoms with Gasteiger partial charge in [-0.15, -0.1) is 6.58 Å². The normalized spacial score (nSPS) is 12.6. The Morgan fingerprint density at radius 3 is 2.12 bits per heavy atom. The third kappa shape index (κ3) is 15.4. The molecular weight excluding hydrogens is 204 g/mol. The van der Waals surface area contributed by atoms with Crippen LogP contribution in [0.25, 0.3) is 0 Å². The minimum Gasteiger partial charge on any atom is -0.469 e. The van der Waals surface area contributed by atoms with Crippen LogP contribution in [-0.4, -0.2) is 23.8 Å². The summed E-state index contributed by atoms with van der Waals surface area (Å²) in [6.45, 7) is 10.8. The summed E-state index contributed by atoms with van der Waals surface area (Å²) in [4.78, 5) is 9.59. The van der Waals surface area contributed by atoms with Crippen molar-refractivity contribution in [1.29, 1.82) is 0 Å². The number of carbonyl (C=O) groups is 1. The van der Waals surface area contributed by atoms with Crippen LogP contribution in [0.5, 0.6) is 0 Å². The molecule has 0 heterocycles. The van der Waals surface area contributed by atoms with Crippen LogP contribution in [0.15, 0.2) is 24.3 Å². The van der Waals surface area contributed by atoms with Gasteiger partial charge in [0.25, 0.3) is 0 Å².